The van der Waals surface area contributed by atoms with Gasteiger partial charge in [0, 0.05) is 17.7 Å². The molecule has 44 heavy (non-hydrogen) atoms. The normalized spacial score (nSPS) is 22.1. The first-order chi connectivity index (χ1) is 20.8. The number of primary amides is 1. The molecule has 2 fully saturated rings. The number of thioether (sulfide) groups is 1. The summed E-state index contributed by atoms with van der Waals surface area (Å²) in [6.07, 6.45) is -1.08. The van der Waals surface area contributed by atoms with Crippen LogP contribution in [0, 0.1) is 17.0 Å². The molecule has 0 aliphatic carbocycles. The van der Waals surface area contributed by atoms with Crippen LogP contribution in [0.25, 0.3) is 11.3 Å². The number of fused-ring (bicyclic) bond motifs is 1. The molecule has 0 bridgehead atoms. The fourth-order valence-corrected chi connectivity index (χ4v) is 7.29. The van der Waals surface area contributed by atoms with E-state index < -0.39 is 51.0 Å². The first-order valence-corrected chi connectivity index (χ1v) is 14.5. The van der Waals surface area contributed by atoms with E-state index in [4.69, 9.17) is 42.9 Å². The van der Waals surface area contributed by atoms with Crippen molar-refractivity contribution in [3.8, 4) is 11.3 Å². The molecule has 1 aromatic heterocycles. The number of hydrogen-bond donors (Lipinski definition) is 2. The number of nitrogens with one attached hydrogen (secondary N) is 1. The number of ether oxygens (including phenoxy) is 2. The number of nitrogens with two attached hydrogens (primary N) is 1. The molecule has 5 rings (SSSR count). The number of aromatic nitrogens is 1. The van der Waals surface area contributed by atoms with Crippen LogP contribution in [0.15, 0.2) is 47.0 Å². The van der Waals surface area contributed by atoms with Crippen molar-refractivity contribution in [2.24, 2.45) is 5.73 Å². The van der Waals surface area contributed by atoms with Crippen LogP contribution in [0.4, 0.5) is 10.5 Å². The summed E-state index contributed by atoms with van der Waals surface area (Å²) < 4.78 is 14.6. The Morgan fingerprint density at radius 1 is 1.18 bits per heavy atom. The highest BCUT2D eigenvalue weighted by molar-refractivity contribution is 8.01. The van der Waals surface area contributed by atoms with Crippen LogP contribution >= 0.6 is 35.0 Å². The largest absolute Gasteiger partial charge is 0.459 e. The summed E-state index contributed by atoms with van der Waals surface area (Å²) in [6.45, 7) is 2.54. The summed E-state index contributed by atoms with van der Waals surface area (Å²) in [6, 6.07) is 7.90. The van der Waals surface area contributed by atoms with Crippen molar-refractivity contribution in [3.05, 3.63) is 79.5 Å². The van der Waals surface area contributed by atoms with Crippen molar-refractivity contribution in [3.63, 3.8) is 0 Å². The van der Waals surface area contributed by atoms with Gasteiger partial charge in [-0.15, -0.1) is 11.8 Å². The summed E-state index contributed by atoms with van der Waals surface area (Å²) in [5, 5.41) is 17.3. The number of aryl methyl sites for hydroxylation is 1. The zero-order valence-electron chi connectivity index (χ0n) is 22.9. The summed E-state index contributed by atoms with van der Waals surface area (Å²) in [7, 11) is 0. The molecular weight excluding hydrogens is 641 g/mol. The van der Waals surface area contributed by atoms with Crippen molar-refractivity contribution in [2.75, 3.05) is 6.61 Å². The van der Waals surface area contributed by atoms with Crippen molar-refractivity contribution < 1.29 is 38.1 Å². The lowest BCUT2D eigenvalue weighted by molar-refractivity contribution is -0.384. The molecule has 3 amide bonds. The van der Waals surface area contributed by atoms with Gasteiger partial charge in [-0.1, -0.05) is 34.4 Å². The number of β-lactam (4-membered cyclic amide) rings is 1. The minimum Gasteiger partial charge on any atom is -0.459 e. The quantitative estimate of drug-likeness (QED) is 0.146. The van der Waals surface area contributed by atoms with E-state index >= 15 is 0 Å². The van der Waals surface area contributed by atoms with Crippen molar-refractivity contribution in [1.82, 2.24) is 15.4 Å². The summed E-state index contributed by atoms with van der Waals surface area (Å²) >= 11 is 13.8. The first kappa shape index (κ1) is 31.1. The fraction of sp³-hybridized carbons (Fsp3) is 0.296. The minimum atomic E-state index is -1.22. The average molecular weight is 664 g/mol. The molecule has 3 aromatic rings. The van der Waals surface area contributed by atoms with Gasteiger partial charge in [0.15, 0.2) is 0 Å². The van der Waals surface area contributed by atoms with E-state index in [0.29, 0.717) is 5.56 Å². The molecule has 17 heteroatoms. The number of non-ortho nitro benzene ring substituents is 1. The third-order valence-corrected chi connectivity index (χ3v) is 9.41. The van der Waals surface area contributed by atoms with Gasteiger partial charge in [-0.25, -0.2) is 9.59 Å². The van der Waals surface area contributed by atoms with E-state index in [2.05, 4.69) is 10.5 Å². The highest BCUT2D eigenvalue weighted by Gasteiger charge is 2.66. The highest BCUT2D eigenvalue weighted by atomic mass is 35.5. The maximum Gasteiger partial charge on any atom is 0.404 e. The molecule has 2 aliphatic heterocycles. The number of esters is 1. The van der Waals surface area contributed by atoms with Crippen LogP contribution < -0.4 is 11.1 Å². The Labute approximate surface area is 263 Å². The summed E-state index contributed by atoms with van der Waals surface area (Å²) in [5.41, 5.74) is 5.90. The third kappa shape index (κ3) is 5.65. The molecule has 2 aliphatic rings. The fourth-order valence-electron chi connectivity index (χ4n) is 5.04. The predicted octanol–water partition coefficient (Wildman–Crippen LogP) is 3.84. The molecule has 0 radical (unpaired) electrons. The van der Waals surface area contributed by atoms with Crippen LogP contribution in [-0.2, 0) is 25.7 Å². The lowest BCUT2D eigenvalue weighted by Crippen LogP contribution is -2.71. The van der Waals surface area contributed by atoms with Gasteiger partial charge >= 0.3 is 12.1 Å². The average Bonchev–Trinajstić information content (AvgIpc) is 3.49. The molecule has 4 atom stereocenters. The topological polar surface area (TPSA) is 197 Å². The minimum absolute atomic E-state index is 0.0214. The van der Waals surface area contributed by atoms with Gasteiger partial charge in [0.2, 0.25) is 5.91 Å². The molecular formula is C27H23Cl2N5O9S. The molecule has 3 N–H and O–H groups in total. The van der Waals surface area contributed by atoms with E-state index in [1.54, 1.807) is 25.1 Å². The van der Waals surface area contributed by atoms with Crippen LogP contribution in [-0.4, -0.2) is 67.7 Å². The van der Waals surface area contributed by atoms with E-state index in [1.165, 1.54) is 36.1 Å². The molecule has 2 aromatic carbocycles. The number of nitro groups is 1. The number of amides is 3. The Hall–Kier alpha value is -4.34. The van der Waals surface area contributed by atoms with Gasteiger partial charge in [0.25, 0.3) is 11.6 Å². The molecule has 2 saturated heterocycles. The van der Waals surface area contributed by atoms with E-state index in [0.717, 1.165) is 11.8 Å². The van der Waals surface area contributed by atoms with E-state index in [1.807, 2.05) is 0 Å². The monoisotopic (exact) mass is 663 g/mol. The molecule has 0 spiro atoms. The second kappa shape index (κ2) is 12.0. The van der Waals surface area contributed by atoms with Gasteiger partial charge in [0.1, 0.15) is 47.7 Å². The molecule has 14 nitrogen and oxygen atoms in total. The summed E-state index contributed by atoms with van der Waals surface area (Å²) in [4.78, 5) is 63.3. The highest BCUT2D eigenvalue weighted by Crippen LogP contribution is 2.51. The van der Waals surface area contributed by atoms with Gasteiger partial charge in [-0.2, -0.15) is 0 Å². The Morgan fingerprint density at radius 2 is 1.84 bits per heavy atom. The number of hydrogen-bond acceptors (Lipinski definition) is 11. The lowest BCUT2D eigenvalue weighted by atomic mass is 9.94. The SMILES string of the molecule is Cc1onc(-c2c(Cl)cccc2Cl)c1C(=O)N[C@@H]1C(=O)N2[C@@H]1S[C@@](C)(COC(N)=O)[C@@H]2C(=O)OCc1ccc([N+](=O)[O-])cc1. The maximum atomic E-state index is 13.5. The van der Waals surface area contributed by atoms with Crippen molar-refractivity contribution in [2.45, 2.75) is 42.7 Å². The Balaban J connectivity index is 1.36. The second-order valence-electron chi connectivity index (χ2n) is 10.1. The number of carbonyl (C=O) groups is 4. The number of nitrogens with zero attached hydrogens (tertiary/aromatic N) is 3. The lowest BCUT2D eigenvalue weighted by Gasteiger charge is -2.43. The molecule has 0 unspecified atom stereocenters. The van der Waals surface area contributed by atoms with Gasteiger partial charge in [-0.05, 0) is 43.7 Å². The maximum absolute atomic E-state index is 13.5. The molecule has 230 valence electrons. The van der Waals surface area contributed by atoms with Crippen LogP contribution in [0.5, 0.6) is 0 Å². The number of nitro benzene ring substituents is 1. The zero-order valence-corrected chi connectivity index (χ0v) is 25.3. The van der Waals surface area contributed by atoms with Crippen LogP contribution in [0.1, 0.15) is 28.6 Å². The summed E-state index contributed by atoms with van der Waals surface area (Å²) in [5.74, 6) is -1.92. The van der Waals surface area contributed by atoms with Gasteiger partial charge in [0.05, 0.1) is 19.7 Å². The number of halogens is 2. The van der Waals surface area contributed by atoms with Crippen molar-refractivity contribution >= 4 is 64.5 Å². The van der Waals surface area contributed by atoms with Crippen LogP contribution in [0.2, 0.25) is 10.0 Å². The first-order valence-electron chi connectivity index (χ1n) is 12.9. The zero-order chi connectivity index (χ0) is 31.9. The smallest absolute Gasteiger partial charge is 0.404 e. The van der Waals surface area contributed by atoms with Gasteiger partial charge < -0.3 is 29.9 Å². The van der Waals surface area contributed by atoms with Gasteiger partial charge in [-0.3, -0.25) is 19.7 Å². The Bertz CT molecular complexity index is 1660. The third-order valence-electron chi connectivity index (χ3n) is 7.15. The van der Waals surface area contributed by atoms with E-state index in [9.17, 15) is 29.3 Å². The molecule has 3 heterocycles. The molecule has 0 saturated carbocycles. The van der Waals surface area contributed by atoms with Crippen molar-refractivity contribution in [1.29, 1.82) is 0 Å². The Kier molecular flexibility index (Phi) is 8.46. The number of carbonyl (C=O) groups excluding carboxylic acids is 4. The van der Waals surface area contributed by atoms with E-state index in [-0.39, 0.29) is 51.5 Å². The standard InChI is InChI=1S/C27H23Cl2N5O9S/c1-12-17(19(32-43-12)18-15(28)4-3-5-16(18)29)22(35)31-20-23(36)33-21(27(2,44-24(20)33)11-42-26(30)38)25(37)41-10-13-6-8-14(9-7-13)34(39)40/h3-9,20-21,24H,10-11H2,1-2H3,(H2,30,38)(H,31,35)/t20-,21+,24-,27+/m1/s1. The Morgan fingerprint density at radius 3 is 2.45 bits per heavy atom. The van der Waals surface area contributed by atoms with Crippen LogP contribution in [0.3, 0.4) is 0 Å². The number of rotatable bonds is 9. The second-order valence-corrected chi connectivity index (χ2v) is 12.6. The number of benzene rings is 2. The predicted molar refractivity (Wildman–Crippen MR) is 157 cm³/mol.